The summed E-state index contributed by atoms with van der Waals surface area (Å²) in [6, 6.07) is 16.9. The molecule has 2 N–H and O–H groups in total. The second-order valence-corrected chi connectivity index (χ2v) is 6.24. The maximum atomic E-state index is 12.3. The number of nitrogens with one attached hydrogen (secondary N) is 2. The van der Waals surface area contributed by atoms with Gasteiger partial charge in [0.25, 0.3) is 0 Å². The molecule has 6 heteroatoms. The third-order valence-corrected chi connectivity index (χ3v) is 4.37. The van der Waals surface area contributed by atoms with Crippen LogP contribution in [0.15, 0.2) is 54.6 Å². The Labute approximate surface area is 153 Å². The topological polar surface area (TPSA) is 70.7 Å². The van der Waals surface area contributed by atoms with E-state index in [0.717, 1.165) is 12.1 Å². The fourth-order valence-corrected chi connectivity index (χ4v) is 3.03. The predicted octanol–water partition coefficient (Wildman–Crippen LogP) is 2.34. The van der Waals surface area contributed by atoms with Gasteiger partial charge in [-0.05, 0) is 24.1 Å². The summed E-state index contributed by atoms with van der Waals surface area (Å²) in [5, 5.41) is 5.73. The van der Waals surface area contributed by atoms with Gasteiger partial charge in [0.1, 0.15) is 5.75 Å². The summed E-state index contributed by atoms with van der Waals surface area (Å²) in [4.78, 5) is 26.0. The summed E-state index contributed by atoms with van der Waals surface area (Å²) in [7, 11) is 1.59. The molecule has 6 nitrogen and oxygen atoms in total. The van der Waals surface area contributed by atoms with Crippen molar-refractivity contribution < 1.29 is 14.3 Å². The molecule has 0 unspecified atom stereocenters. The van der Waals surface area contributed by atoms with Gasteiger partial charge in [-0.15, -0.1) is 0 Å². The minimum absolute atomic E-state index is 0.00663. The van der Waals surface area contributed by atoms with Crippen molar-refractivity contribution >= 4 is 17.6 Å². The van der Waals surface area contributed by atoms with Gasteiger partial charge in [0.15, 0.2) is 0 Å². The highest BCUT2D eigenvalue weighted by molar-refractivity contribution is 5.97. The lowest BCUT2D eigenvalue weighted by atomic mass is 10.1. The first-order valence-electron chi connectivity index (χ1n) is 8.68. The van der Waals surface area contributed by atoms with Gasteiger partial charge in [0.05, 0.1) is 13.2 Å². The molecule has 1 atom stereocenters. The van der Waals surface area contributed by atoms with Crippen LogP contribution in [0.3, 0.4) is 0 Å². The third kappa shape index (κ3) is 4.53. The molecule has 0 saturated carbocycles. The second kappa shape index (κ2) is 8.38. The summed E-state index contributed by atoms with van der Waals surface area (Å²) < 4.78 is 5.20. The number of carbonyl (C=O) groups is 2. The molecule has 2 aromatic rings. The van der Waals surface area contributed by atoms with E-state index in [1.54, 1.807) is 12.0 Å². The van der Waals surface area contributed by atoms with Gasteiger partial charge in [-0.1, -0.05) is 36.4 Å². The van der Waals surface area contributed by atoms with E-state index in [9.17, 15) is 9.59 Å². The Morgan fingerprint density at radius 1 is 1.19 bits per heavy atom. The van der Waals surface area contributed by atoms with Crippen LogP contribution < -0.4 is 20.3 Å². The van der Waals surface area contributed by atoms with Gasteiger partial charge < -0.3 is 20.3 Å². The molecule has 1 heterocycles. The van der Waals surface area contributed by atoms with Gasteiger partial charge >= 0.3 is 6.03 Å². The van der Waals surface area contributed by atoms with Gasteiger partial charge in [-0.2, -0.15) is 0 Å². The maximum Gasteiger partial charge on any atom is 0.315 e. The van der Waals surface area contributed by atoms with Crippen molar-refractivity contribution in [2.24, 2.45) is 0 Å². The molecule has 26 heavy (non-hydrogen) atoms. The van der Waals surface area contributed by atoms with Gasteiger partial charge in [0, 0.05) is 31.3 Å². The lowest BCUT2D eigenvalue weighted by Crippen LogP contribution is -2.43. The van der Waals surface area contributed by atoms with E-state index in [2.05, 4.69) is 10.6 Å². The Bertz CT molecular complexity index is 764. The molecule has 1 fully saturated rings. The number of nitrogens with zero attached hydrogens (tertiary/aromatic N) is 1. The van der Waals surface area contributed by atoms with Gasteiger partial charge in [-0.25, -0.2) is 4.79 Å². The largest absolute Gasteiger partial charge is 0.497 e. The molecule has 0 bridgehead atoms. The molecule has 2 aromatic carbocycles. The smallest absolute Gasteiger partial charge is 0.315 e. The van der Waals surface area contributed by atoms with E-state index in [4.69, 9.17) is 4.74 Å². The number of hydrogen-bond donors (Lipinski definition) is 2. The first-order valence-corrected chi connectivity index (χ1v) is 8.68. The molecule has 3 rings (SSSR count). The van der Waals surface area contributed by atoms with Crippen LogP contribution in [0.5, 0.6) is 5.75 Å². The first-order chi connectivity index (χ1) is 12.7. The summed E-state index contributed by atoms with van der Waals surface area (Å²) in [5.41, 5.74) is 1.95. The molecular weight excluding hydrogens is 330 g/mol. The quantitative estimate of drug-likeness (QED) is 0.837. The zero-order valence-electron chi connectivity index (χ0n) is 14.8. The Morgan fingerprint density at radius 2 is 2.00 bits per heavy atom. The van der Waals surface area contributed by atoms with Crippen molar-refractivity contribution in [2.45, 2.75) is 18.9 Å². The highest BCUT2D eigenvalue weighted by Crippen LogP contribution is 2.25. The van der Waals surface area contributed by atoms with E-state index in [-0.39, 0.29) is 18.0 Å². The van der Waals surface area contributed by atoms with Crippen molar-refractivity contribution in [3.8, 4) is 5.75 Å². The third-order valence-electron chi connectivity index (χ3n) is 4.37. The van der Waals surface area contributed by atoms with Crippen LogP contribution in [0.25, 0.3) is 0 Å². The minimum Gasteiger partial charge on any atom is -0.497 e. The van der Waals surface area contributed by atoms with Gasteiger partial charge in [0.2, 0.25) is 5.91 Å². The molecule has 136 valence electrons. The van der Waals surface area contributed by atoms with E-state index in [1.165, 1.54) is 5.56 Å². The molecule has 0 aliphatic carbocycles. The number of urea groups is 1. The number of carbonyl (C=O) groups excluding carboxylic acids is 2. The number of amides is 3. The molecule has 0 spiro atoms. The SMILES string of the molecule is COc1cccc(N2C[C@H](NC(=O)NCCc3ccccc3)CC2=O)c1. The summed E-state index contributed by atoms with van der Waals surface area (Å²) in [6.45, 7) is 1.01. The highest BCUT2D eigenvalue weighted by Gasteiger charge is 2.31. The number of methoxy groups -OCH3 is 1. The predicted molar refractivity (Wildman–Crippen MR) is 100 cm³/mol. The number of rotatable bonds is 6. The Kier molecular flexibility index (Phi) is 5.73. The Morgan fingerprint density at radius 3 is 2.77 bits per heavy atom. The molecule has 1 saturated heterocycles. The number of ether oxygens (including phenoxy) is 1. The zero-order chi connectivity index (χ0) is 18.4. The summed E-state index contributed by atoms with van der Waals surface area (Å²) in [6.07, 6.45) is 1.07. The van der Waals surface area contributed by atoms with Crippen LogP contribution in [0.2, 0.25) is 0 Å². The molecule has 1 aliphatic rings. The zero-order valence-corrected chi connectivity index (χ0v) is 14.8. The lowest BCUT2D eigenvalue weighted by molar-refractivity contribution is -0.117. The highest BCUT2D eigenvalue weighted by atomic mass is 16.5. The van der Waals surface area contributed by atoms with Crippen LogP contribution in [-0.4, -0.2) is 38.2 Å². The van der Waals surface area contributed by atoms with Crippen LogP contribution >= 0.6 is 0 Å². The van der Waals surface area contributed by atoms with Crippen molar-refractivity contribution in [2.75, 3.05) is 25.1 Å². The van der Waals surface area contributed by atoms with E-state index < -0.39 is 0 Å². The molecular formula is C20H23N3O3. The lowest BCUT2D eigenvalue weighted by Gasteiger charge is -2.18. The summed E-state index contributed by atoms with van der Waals surface area (Å²) >= 11 is 0. The van der Waals surface area contributed by atoms with Gasteiger partial charge in [-0.3, -0.25) is 4.79 Å². The van der Waals surface area contributed by atoms with Crippen LogP contribution in [0.4, 0.5) is 10.5 Å². The number of anilines is 1. The first kappa shape index (κ1) is 17.8. The average Bonchev–Trinajstić information content (AvgIpc) is 3.02. The number of hydrogen-bond acceptors (Lipinski definition) is 3. The average molecular weight is 353 g/mol. The minimum atomic E-state index is -0.244. The second-order valence-electron chi connectivity index (χ2n) is 6.24. The van der Waals surface area contributed by atoms with Crippen molar-refractivity contribution in [3.05, 3.63) is 60.2 Å². The maximum absolute atomic E-state index is 12.3. The molecule has 0 radical (unpaired) electrons. The summed E-state index contributed by atoms with van der Waals surface area (Å²) in [5.74, 6) is 0.693. The van der Waals surface area contributed by atoms with Crippen molar-refractivity contribution in [1.29, 1.82) is 0 Å². The van der Waals surface area contributed by atoms with E-state index >= 15 is 0 Å². The Hall–Kier alpha value is -3.02. The van der Waals surface area contributed by atoms with Crippen LogP contribution in [0.1, 0.15) is 12.0 Å². The fraction of sp³-hybridized carbons (Fsp3) is 0.300. The van der Waals surface area contributed by atoms with E-state index in [0.29, 0.717) is 25.3 Å². The van der Waals surface area contributed by atoms with Crippen LogP contribution in [0, 0.1) is 0 Å². The molecule has 0 aromatic heterocycles. The monoisotopic (exact) mass is 353 g/mol. The fourth-order valence-electron chi connectivity index (χ4n) is 3.03. The number of benzene rings is 2. The molecule has 3 amide bonds. The normalized spacial score (nSPS) is 16.4. The van der Waals surface area contributed by atoms with Crippen molar-refractivity contribution in [1.82, 2.24) is 10.6 Å². The van der Waals surface area contributed by atoms with Crippen molar-refractivity contribution in [3.63, 3.8) is 0 Å². The van der Waals surface area contributed by atoms with E-state index in [1.807, 2.05) is 54.6 Å². The standard InChI is InChI=1S/C20H23N3O3/c1-26-18-9-5-8-17(13-18)23-14-16(12-19(23)24)22-20(25)21-11-10-15-6-3-2-4-7-15/h2-9,13,16H,10-12,14H2,1H3,(H2,21,22,25)/t16-/m1/s1. The molecule has 1 aliphatic heterocycles. The Balaban J connectivity index is 1.48. The van der Waals surface area contributed by atoms with Crippen LogP contribution in [-0.2, 0) is 11.2 Å².